The molecule has 1 aliphatic heterocycles. The van der Waals surface area contributed by atoms with E-state index in [0.29, 0.717) is 17.9 Å². The molecular formula is C14H26N2O. The van der Waals surface area contributed by atoms with E-state index in [-0.39, 0.29) is 0 Å². The second-order valence-electron chi connectivity index (χ2n) is 6.06. The lowest BCUT2D eigenvalue weighted by Gasteiger charge is -2.27. The zero-order chi connectivity index (χ0) is 12.3. The van der Waals surface area contributed by atoms with Gasteiger partial charge in [-0.3, -0.25) is 4.79 Å². The molecule has 3 heteroatoms. The number of hydrogen-bond acceptors (Lipinski definition) is 2. The zero-order valence-electron chi connectivity index (χ0n) is 11.3. The van der Waals surface area contributed by atoms with Crippen LogP contribution in [-0.4, -0.2) is 37.0 Å². The molecule has 1 saturated carbocycles. The fourth-order valence-electron chi connectivity index (χ4n) is 2.79. The van der Waals surface area contributed by atoms with Crippen LogP contribution in [-0.2, 0) is 4.79 Å². The predicted octanol–water partition coefficient (Wildman–Crippen LogP) is 2.02. The van der Waals surface area contributed by atoms with Crippen molar-refractivity contribution in [1.82, 2.24) is 10.2 Å². The molecule has 1 heterocycles. The maximum atomic E-state index is 11.9. The predicted molar refractivity (Wildman–Crippen MR) is 69.8 cm³/mol. The highest BCUT2D eigenvalue weighted by Gasteiger charge is 2.44. The number of piperidine rings is 1. The summed E-state index contributed by atoms with van der Waals surface area (Å²) in [7, 11) is 0. The van der Waals surface area contributed by atoms with Gasteiger partial charge in [-0.15, -0.1) is 0 Å². The Kier molecular flexibility index (Phi) is 4.08. The molecule has 1 saturated heterocycles. The largest absolute Gasteiger partial charge is 0.342 e. The van der Waals surface area contributed by atoms with Crippen LogP contribution < -0.4 is 5.32 Å². The molecule has 1 amide bonds. The van der Waals surface area contributed by atoms with E-state index >= 15 is 0 Å². The van der Waals surface area contributed by atoms with Crippen molar-refractivity contribution >= 4 is 5.91 Å². The number of carbonyl (C=O) groups excluding carboxylic acids is 1. The van der Waals surface area contributed by atoms with Crippen LogP contribution in [0.3, 0.4) is 0 Å². The molecule has 2 fully saturated rings. The smallest absolute Gasteiger partial charge is 0.236 e. The molecule has 0 spiro atoms. The van der Waals surface area contributed by atoms with Crippen LogP contribution in [0.2, 0.25) is 0 Å². The molecule has 0 unspecified atom stereocenters. The molecule has 0 aromatic carbocycles. The number of likely N-dealkylation sites (tertiary alicyclic amines) is 1. The molecule has 0 bridgehead atoms. The van der Waals surface area contributed by atoms with Crippen LogP contribution >= 0.6 is 0 Å². The van der Waals surface area contributed by atoms with E-state index in [2.05, 4.69) is 19.2 Å². The van der Waals surface area contributed by atoms with E-state index in [0.717, 1.165) is 25.6 Å². The first-order valence-electron chi connectivity index (χ1n) is 7.12. The first-order chi connectivity index (χ1) is 8.14. The van der Waals surface area contributed by atoms with Crippen LogP contribution in [0.25, 0.3) is 0 Å². The lowest BCUT2D eigenvalue weighted by atomic mass is 9.92. The summed E-state index contributed by atoms with van der Waals surface area (Å²) in [6.07, 6.45) is 6.31. The Labute approximate surface area is 105 Å². The van der Waals surface area contributed by atoms with Crippen molar-refractivity contribution in [3.05, 3.63) is 0 Å². The van der Waals surface area contributed by atoms with Crippen molar-refractivity contribution in [1.29, 1.82) is 0 Å². The SMILES string of the molecule is CC(C)C1(CNCC(=O)N2CCCCC2)CC1. The molecular weight excluding hydrogens is 212 g/mol. The van der Waals surface area contributed by atoms with Crippen LogP contribution in [0.1, 0.15) is 46.0 Å². The number of hydrogen-bond donors (Lipinski definition) is 1. The summed E-state index contributed by atoms with van der Waals surface area (Å²) < 4.78 is 0. The highest BCUT2D eigenvalue weighted by Crippen LogP contribution is 2.51. The second kappa shape index (κ2) is 5.38. The average Bonchev–Trinajstić information content (AvgIpc) is 3.11. The second-order valence-corrected chi connectivity index (χ2v) is 6.06. The minimum Gasteiger partial charge on any atom is -0.342 e. The van der Waals surface area contributed by atoms with E-state index in [9.17, 15) is 4.79 Å². The van der Waals surface area contributed by atoms with Crippen LogP contribution in [0.4, 0.5) is 0 Å². The Bertz CT molecular complexity index is 265. The van der Waals surface area contributed by atoms with Gasteiger partial charge in [-0.05, 0) is 43.4 Å². The van der Waals surface area contributed by atoms with Gasteiger partial charge in [-0.25, -0.2) is 0 Å². The molecule has 17 heavy (non-hydrogen) atoms. The third-order valence-electron chi connectivity index (χ3n) is 4.58. The molecule has 2 rings (SSSR count). The van der Waals surface area contributed by atoms with Gasteiger partial charge in [0.25, 0.3) is 0 Å². The van der Waals surface area contributed by atoms with E-state index in [1.807, 2.05) is 4.90 Å². The lowest BCUT2D eigenvalue weighted by molar-refractivity contribution is -0.131. The molecule has 2 aliphatic rings. The van der Waals surface area contributed by atoms with Gasteiger partial charge in [-0.1, -0.05) is 13.8 Å². The first kappa shape index (κ1) is 12.9. The van der Waals surface area contributed by atoms with Crippen molar-refractivity contribution in [3.63, 3.8) is 0 Å². The summed E-state index contributed by atoms with van der Waals surface area (Å²) in [4.78, 5) is 14.0. The van der Waals surface area contributed by atoms with Gasteiger partial charge in [0, 0.05) is 19.6 Å². The summed E-state index contributed by atoms with van der Waals surface area (Å²) >= 11 is 0. The lowest BCUT2D eigenvalue weighted by Crippen LogP contribution is -2.42. The van der Waals surface area contributed by atoms with Gasteiger partial charge in [-0.2, -0.15) is 0 Å². The Hall–Kier alpha value is -0.570. The summed E-state index contributed by atoms with van der Waals surface area (Å²) in [5.41, 5.74) is 0.502. The summed E-state index contributed by atoms with van der Waals surface area (Å²) in [5.74, 6) is 1.03. The number of nitrogens with one attached hydrogen (secondary N) is 1. The quantitative estimate of drug-likeness (QED) is 0.795. The number of rotatable bonds is 5. The van der Waals surface area contributed by atoms with Crippen LogP contribution in [0.5, 0.6) is 0 Å². The van der Waals surface area contributed by atoms with Crippen molar-refractivity contribution in [2.75, 3.05) is 26.2 Å². The number of carbonyl (C=O) groups is 1. The van der Waals surface area contributed by atoms with Gasteiger partial charge in [0.15, 0.2) is 0 Å². The summed E-state index contributed by atoms with van der Waals surface area (Å²) in [5, 5.41) is 3.38. The van der Waals surface area contributed by atoms with Crippen LogP contribution in [0.15, 0.2) is 0 Å². The standard InChI is InChI=1S/C14H26N2O/c1-12(2)14(6-7-14)11-15-10-13(17)16-8-4-3-5-9-16/h12,15H,3-11H2,1-2H3. The average molecular weight is 238 g/mol. The normalized spacial score (nSPS) is 22.9. The molecule has 1 N–H and O–H groups in total. The molecule has 0 radical (unpaired) electrons. The topological polar surface area (TPSA) is 32.3 Å². The minimum atomic E-state index is 0.296. The molecule has 0 aromatic rings. The van der Waals surface area contributed by atoms with Gasteiger partial charge in [0.05, 0.1) is 6.54 Å². The van der Waals surface area contributed by atoms with Crippen molar-refractivity contribution in [2.24, 2.45) is 11.3 Å². The van der Waals surface area contributed by atoms with Crippen molar-refractivity contribution in [3.8, 4) is 0 Å². The number of nitrogens with zero attached hydrogens (tertiary/aromatic N) is 1. The first-order valence-corrected chi connectivity index (χ1v) is 7.12. The van der Waals surface area contributed by atoms with Crippen molar-refractivity contribution < 1.29 is 4.79 Å². The molecule has 0 atom stereocenters. The monoisotopic (exact) mass is 238 g/mol. The Morgan fingerprint density at radius 1 is 1.24 bits per heavy atom. The van der Waals surface area contributed by atoms with E-state index in [4.69, 9.17) is 0 Å². The summed E-state index contributed by atoms with van der Waals surface area (Å²) in [6.45, 7) is 8.08. The maximum Gasteiger partial charge on any atom is 0.236 e. The minimum absolute atomic E-state index is 0.296. The molecule has 98 valence electrons. The van der Waals surface area contributed by atoms with E-state index < -0.39 is 0 Å². The van der Waals surface area contributed by atoms with E-state index in [1.165, 1.54) is 32.1 Å². The van der Waals surface area contributed by atoms with Gasteiger partial charge >= 0.3 is 0 Å². The van der Waals surface area contributed by atoms with Gasteiger partial charge < -0.3 is 10.2 Å². The fraction of sp³-hybridized carbons (Fsp3) is 0.929. The third kappa shape index (κ3) is 3.21. The Balaban J connectivity index is 1.66. The van der Waals surface area contributed by atoms with Crippen LogP contribution in [0, 0.1) is 11.3 Å². The highest BCUT2D eigenvalue weighted by atomic mass is 16.2. The molecule has 1 aliphatic carbocycles. The Morgan fingerprint density at radius 2 is 1.88 bits per heavy atom. The maximum absolute atomic E-state index is 11.9. The van der Waals surface area contributed by atoms with Gasteiger partial charge in [0.2, 0.25) is 5.91 Å². The Morgan fingerprint density at radius 3 is 2.41 bits per heavy atom. The molecule has 3 nitrogen and oxygen atoms in total. The van der Waals surface area contributed by atoms with E-state index in [1.54, 1.807) is 0 Å². The molecule has 0 aromatic heterocycles. The number of amides is 1. The van der Waals surface area contributed by atoms with Crippen molar-refractivity contribution in [2.45, 2.75) is 46.0 Å². The fourth-order valence-corrected chi connectivity index (χ4v) is 2.79. The highest BCUT2D eigenvalue weighted by molar-refractivity contribution is 5.78. The summed E-state index contributed by atoms with van der Waals surface area (Å²) in [6, 6.07) is 0. The zero-order valence-corrected chi connectivity index (χ0v) is 11.3. The van der Waals surface area contributed by atoms with Gasteiger partial charge in [0.1, 0.15) is 0 Å². The third-order valence-corrected chi connectivity index (χ3v) is 4.58.